The van der Waals surface area contributed by atoms with Crippen molar-refractivity contribution in [3.8, 4) is 0 Å². The maximum atomic E-state index is 13.1. The summed E-state index contributed by atoms with van der Waals surface area (Å²) in [6.45, 7) is 5.49. The molecule has 0 aliphatic rings. The highest BCUT2D eigenvalue weighted by Gasteiger charge is 2.26. The third-order valence-electron chi connectivity index (χ3n) is 5.51. The van der Waals surface area contributed by atoms with Crippen LogP contribution in [0, 0.1) is 12.8 Å². The molecule has 0 saturated carbocycles. The molecule has 0 aromatic heterocycles. The van der Waals surface area contributed by atoms with E-state index < -0.39 is 22.0 Å². The van der Waals surface area contributed by atoms with Gasteiger partial charge >= 0.3 is 0 Å². The first kappa shape index (κ1) is 25.0. The molecule has 3 aromatic rings. The molecule has 3 rings (SSSR count). The second-order valence-electron chi connectivity index (χ2n) is 8.34. The Morgan fingerprint density at radius 2 is 1.53 bits per heavy atom. The van der Waals surface area contributed by atoms with Gasteiger partial charge in [0.1, 0.15) is 6.04 Å². The van der Waals surface area contributed by atoms with Gasteiger partial charge in [0.2, 0.25) is 5.91 Å². The Hall–Kier alpha value is -3.65. The van der Waals surface area contributed by atoms with Gasteiger partial charge in [-0.15, -0.1) is 0 Å². The van der Waals surface area contributed by atoms with E-state index in [9.17, 15) is 18.0 Å². The summed E-state index contributed by atoms with van der Waals surface area (Å²) >= 11 is 0. The van der Waals surface area contributed by atoms with Gasteiger partial charge in [-0.3, -0.25) is 13.9 Å². The summed E-state index contributed by atoms with van der Waals surface area (Å²) in [5, 5.41) is 5.55. The number of carbonyl (C=O) groups excluding carboxylic acids is 2. The SMILES string of the molecule is Cc1ccccc1C(=O)N[C@H](C(=O)Nc1cccc(S(=O)(=O)N(C)c2ccccc2)c1)C(C)C. The van der Waals surface area contributed by atoms with E-state index in [1.165, 1.54) is 23.5 Å². The van der Waals surface area contributed by atoms with Crippen molar-refractivity contribution in [3.05, 3.63) is 90.0 Å². The number of para-hydroxylation sites is 1. The van der Waals surface area contributed by atoms with E-state index in [-0.39, 0.29) is 16.7 Å². The Kier molecular flexibility index (Phi) is 7.73. The van der Waals surface area contributed by atoms with Gasteiger partial charge in [-0.05, 0) is 54.8 Å². The van der Waals surface area contributed by atoms with E-state index in [2.05, 4.69) is 10.6 Å². The number of aryl methyl sites for hydroxylation is 1. The quantitative estimate of drug-likeness (QED) is 0.506. The number of nitrogens with zero attached hydrogens (tertiary/aromatic N) is 1. The first-order chi connectivity index (χ1) is 16.1. The molecule has 0 aliphatic heterocycles. The van der Waals surface area contributed by atoms with Crippen LogP contribution in [0.1, 0.15) is 29.8 Å². The first-order valence-corrected chi connectivity index (χ1v) is 12.4. The van der Waals surface area contributed by atoms with Gasteiger partial charge in [-0.2, -0.15) is 0 Å². The zero-order chi connectivity index (χ0) is 24.9. The van der Waals surface area contributed by atoms with Crippen molar-refractivity contribution in [2.24, 2.45) is 5.92 Å². The highest BCUT2D eigenvalue weighted by Crippen LogP contribution is 2.24. The van der Waals surface area contributed by atoms with Crippen molar-refractivity contribution >= 4 is 33.2 Å². The number of amides is 2. The number of nitrogens with one attached hydrogen (secondary N) is 2. The molecule has 1 atom stereocenters. The summed E-state index contributed by atoms with van der Waals surface area (Å²) in [7, 11) is -2.36. The zero-order valence-electron chi connectivity index (χ0n) is 19.6. The second-order valence-corrected chi connectivity index (χ2v) is 10.3. The minimum atomic E-state index is -3.83. The molecule has 2 N–H and O–H groups in total. The van der Waals surface area contributed by atoms with Gasteiger partial charge < -0.3 is 10.6 Å². The molecule has 0 spiro atoms. The largest absolute Gasteiger partial charge is 0.340 e. The molecule has 34 heavy (non-hydrogen) atoms. The number of carbonyl (C=O) groups is 2. The Balaban J connectivity index is 1.79. The fourth-order valence-electron chi connectivity index (χ4n) is 3.47. The maximum Gasteiger partial charge on any atom is 0.264 e. The number of anilines is 2. The number of sulfonamides is 1. The van der Waals surface area contributed by atoms with E-state index in [1.807, 2.05) is 39.0 Å². The molecule has 0 saturated heterocycles. The smallest absolute Gasteiger partial charge is 0.264 e. The predicted octanol–water partition coefficient (Wildman–Crippen LogP) is 4.21. The van der Waals surface area contributed by atoms with Crippen LogP contribution in [0.4, 0.5) is 11.4 Å². The van der Waals surface area contributed by atoms with Gasteiger partial charge in [-0.1, -0.05) is 56.3 Å². The topological polar surface area (TPSA) is 95.6 Å². The molecule has 3 aromatic carbocycles. The fourth-order valence-corrected chi connectivity index (χ4v) is 4.71. The van der Waals surface area contributed by atoms with Crippen LogP contribution in [0.2, 0.25) is 0 Å². The molecule has 178 valence electrons. The molecule has 0 unspecified atom stereocenters. The molecule has 2 amide bonds. The third kappa shape index (κ3) is 5.63. The summed E-state index contributed by atoms with van der Waals surface area (Å²) in [4.78, 5) is 25.8. The maximum absolute atomic E-state index is 13.1. The second kappa shape index (κ2) is 10.5. The summed E-state index contributed by atoms with van der Waals surface area (Å²) < 4.78 is 27.4. The lowest BCUT2D eigenvalue weighted by molar-refractivity contribution is -0.118. The number of benzene rings is 3. The summed E-state index contributed by atoms with van der Waals surface area (Å²) in [5.74, 6) is -0.959. The van der Waals surface area contributed by atoms with E-state index in [0.717, 1.165) is 5.56 Å². The highest BCUT2D eigenvalue weighted by molar-refractivity contribution is 7.92. The molecule has 0 bridgehead atoms. The zero-order valence-corrected chi connectivity index (χ0v) is 20.5. The van der Waals surface area contributed by atoms with E-state index in [1.54, 1.807) is 48.5 Å². The van der Waals surface area contributed by atoms with Crippen molar-refractivity contribution in [2.45, 2.75) is 31.7 Å². The lowest BCUT2D eigenvalue weighted by Gasteiger charge is -2.23. The number of hydrogen-bond donors (Lipinski definition) is 2. The fraction of sp³-hybridized carbons (Fsp3) is 0.231. The van der Waals surface area contributed by atoms with Crippen molar-refractivity contribution < 1.29 is 18.0 Å². The molecular weight excluding hydrogens is 450 g/mol. The standard InChI is InChI=1S/C26H29N3O4S/c1-18(2)24(28-25(30)23-16-9-8-11-19(23)3)26(31)27-20-12-10-15-22(17-20)34(32,33)29(4)21-13-6-5-7-14-21/h5-18,24H,1-4H3,(H,27,31)(H,28,30)/t24-/m0/s1. The Labute approximate surface area is 200 Å². The summed E-state index contributed by atoms with van der Waals surface area (Å²) in [6.07, 6.45) is 0. The Morgan fingerprint density at radius 1 is 0.882 bits per heavy atom. The van der Waals surface area contributed by atoms with Gasteiger partial charge in [0.15, 0.2) is 0 Å². The van der Waals surface area contributed by atoms with Crippen LogP contribution < -0.4 is 14.9 Å². The Morgan fingerprint density at radius 3 is 2.18 bits per heavy atom. The van der Waals surface area contributed by atoms with Crippen molar-refractivity contribution in [3.63, 3.8) is 0 Å². The first-order valence-electron chi connectivity index (χ1n) is 10.9. The van der Waals surface area contributed by atoms with Gasteiger partial charge in [0, 0.05) is 18.3 Å². The van der Waals surface area contributed by atoms with E-state index >= 15 is 0 Å². The van der Waals surface area contributed by atoms with Crippen LogP contribution in [0.15, 0.2) is 83.8 Å². The van der Waals surface area contributed by atoms with Crippen LogP contribution in [-0.4, -0.2) is 33.3 Å². The lowest BCUT2D eigenvalue weighted by atomic mass is 10.0. The van der Waals surface area contributed by atoms with Crippen molar-refractivity contribution in [1.82, 2.24) is 5.32 Å². The minimum absolute atomic E-state index is 0.0432. The van der Waals surface area contributed by atoms with Crippen molar-refractivity contribution in [2.75, 3.05) is 16.7 Å². The van der Waals surface area contributed by atoms with Crippen LogP contribution in [0.5, 0.6) is 0 Å². The molecular formula is C26H29N3O4S. The molecule has 0 heterocycles. The molecule has 0 fully saturated rings. The normalized spacial score (nSPS) is 12.1. The predicted molar refractivity (Wildman–Crippen MR) is 134 cm³/mol. The lowest BCUT2D eigenvalue weighted by Crippen LogP contribution is -2.47. The molecule has 8 heteroatoms. The Bertz CT molecular complexity index is 1270. The van der Waals surface area contributed by atoms with Crippen LogP contribution >= 0.6 is 0 Å². The number of rotatable bonds is 8. The van der Waals surface area contributed by atoms with E-state index in [4.69, 9.17) is 0 Å². The average Bonchev–Trinajstić information content (AvgIpc) is 2.82. The minimum Gasteiger partial charge on any atom is -0.340 e. The molecule has 0 aliphatic carbocycles. The molecule has 0 radical (unpaired) electrons. The average molecular weight is 480 g/mol. The monoisotopic (exact) mass is 479 g/mol. The summed E-state index contributed by atoms with van der Waals surface area (Å²) in [6, 6.07) is 21.1. The molecule has 7 nitrogen and oxygen atoms in total. The van der Waals surface area contributed by atoms with Gasteiger partial charge in [-0.25, -0.2) is 8.42 Å². The van der Waals surface area contributed by atoms with Crippen LogP contribution in [0.3, 0.4) is 0 Å². The van der Waals surface area contributed by atoms with Crippen LogP contribution in [-0.2, 0) is 14.8 Å². The van der Waals surface area contributed by atoms with Crippen LogP contribution in [0.25, 0.3) is 0 Å². The van der Waals surface area contributed by atoms with Gasteiger partial charge in [0.25, 0.3) is 15.9 Å². The third-order valence-corrected chi connectivity index (χ3v) is 7.29. The highest BCUT2D eigenvalue weighted by atomic mass is 32.2. The van der Waals surface area contributed by atoms with Gasteiger partial charge in [0.05, 0.1) is 10.6 Å². The van der Waals surface area contributed by atoms with Crippen molar-refractivity contribution in [1.29, 1.82) is 0 Å². The van der Waals surface area contributed by atoms with E-state index in [0.29, 0.717) is 16.9 Å². The summed E-state index contributed by atoms with van der Waals surface area (Å²) in [5.41, 5.74) is 2.15. The number of hydrogen-bond acceptors (Lipinski definition) is 4.